The molecule has 74 valence electrons. The van der Waals surface area contributed by atoms with Crippen molar-refractivity contribution in [3.8, 4) is 0 Å². The van der Waals surface area contributed by atoms with Crippen LogP contribution in [0.15, 0.2) is 6.20 Å². The number of nitrogens with zero attached hydrogens (tertiary/aromatic N) is 3. The van der Waals surface area contributed by atoms with Gasteiger partial charge in [-0.3, -0.25) is 4.79 Å². The lowest BCUT2D eigenvalue weighted by Gasteiger charge is -1.97. The van der Waals surface area contributed by atoms with Crippen molar-refractivity contribution in [3.05, 3.63) is 16.9 Å². The Balaban J connectivity index is 2.41. The number of hydrogen-bond acceptors (Lipinski definition) is 4. The van der Waals surface area contributed by atoms with E-state index in [1.54, 1.807) is 22.0 Å². The third-order valence-electron chi connectivity index (χ3n) is 1.86. The molecule has 4 nitrogen and oxygen atoms in total. The molecule has 0 radical (unpaired) electrons. The van der Waals surface area contributed by atoms with Gasteiger partial charge in [-0.2, -0.15) is 5.10 Å². The molecule has 0 aliphatic rings. The minimum atomic E-state index is 0.520. The lowest BCUT2D eigenvalue weighted by molar-refractivity contribution is 0.111. The second-order valence-corrected chi connectivity index (χ2v) is 4.63. The zero-order valence-electron chi connectivity index (χ0n) is 8.10. The number of fused-ring (bicyclic) bond motifs is 1. The van der Waals surface area contributed by atoms with E-state index >= 15 is 0 Å². The van der Waals surface area contributed by atoms with Crippen molar-refractivity contribution in [1.29, 1.82) is 0 Å². The van der Waals surface area contributed by atoms with Gasteiger partial charge in [0.25, 0.3) is 0 Å². The SMILES string of the molecule is CC(C)Cc1nn2c(C=O)cnc2s1. The molecule has 0 saturated carbocycles. The molecule has 5 heteroatoms. The molecular weight excluding hydrogens is 198 g/mol. The van der Waals surface area contributed by atoms with Crippen LogP contribution in [-0.2, 0) is 6.42 Å². The summed E-state index contributed by atoms with van der Waals surface area (Å²) in [6.07, 6.45) is 3.26. The van der Waals surface area contributed by atoms with E-state index in [9.17, 15) is 4.79 Å². The Morgan fingerprint density at radius 1 is 1.64 bits per heavy atom. The highest BCUT2D eigenvalue weighted by atomic mass is 32.1. The fourth-order valence-electron chi connectivity index (χ4n) is 1.26. The first-order valence-corrected chi connectivity index (χ1v) is 5.31. The maximum atomic E-state index is 10.6. The van der Waals surface area contributed by atoms with E-state index in [0.717, 1.165) is 22.7 Å². The fourth-order valence-corrected chi connectivity index (χ4v) is 2.35. The van der Waals surface area contributed by atoms with Gasteiger partial charge in [0.15, 0.2) is 6.29 Å². The summed E-state index contributed by atoms with van der Waals surface area (Å²) in [6, 6.07) is 0. The minimum absolute atomic E-state index is 0.520. The van der Waals surface area contributed by atoms with Crippen LogP contribution < -0.4 is 0 Å². The van der Waals surface area contributed by atoms with E-state index in [-0.39, 0.29) is 0 Å². The van der Waals surface area contributed by atoms with E-state index in [1.807, 2.05) is 0 Å². The Morgan fingerprint density at radius 3 is 3.07 bits per heavy atom. The molecular formula is C9H11N3OS. The van der Waals surface area contributed by atoms with Gasteiger partial charge in [0.2, 0.25) is 4.96 Å². The van der Waals surface area contributed by atoms with E-state index < -0.39 is 0 Å². The second-order valence-electron chi connectivity index (χ2n) is 3.59. The molecule has 0 aliphatic heterocycles. The van der Waals surface area contributed by atoms with Crippen LogP contribution in [0.25, 0.3) is 4.96 Å². The van der Waals surface area contributed by atoms with E-state index in [1.165, 1.54) is 0 Å². The number of aldehydes is 1. The Hall–Kier alpha value is -1.23. The molecule has 0 fully saturated rings. The van der Waals surface area contributed by atoms with Gasteiger partial charge in [0.1, 0.15) is 10.7 Å². The van der Waals surface area contributed by atoms with Gasteiger partial charge in [0, 0.05) is 6.42 Å². The van der Waals surface area contributed by atoms with Gasteiger partial charge in [-0.1, -0.05) is 25.2 Å². The maximum Gasteiger partial charge on any atom is 0.212 e. The highest BCUT2D eigenvalue weighted by molar-refractivity contribution is 7.16. The number of carbonyl (C=O) groups is 1. The zero-order valence-corrected chi connectivity index (χ0v) is 8.91. The molecule has 2 aromatic heterocycles. The van der Waals surface area contributed by atoms with Gasteiger partial charge >= 0.3 is 0 Å². The van der Waals surface area contributed by atoms with Gasteiger partial charge in [-0.25, -0.2) is 9.50 Å². The monoisotopic (exact) mass is 209 g/mol. The molecule has 2 heterocycles. The molecule has 2 aromatic rings. The molecule has 0 bridgehead atoms. The van der Waals surface area contributed by atoms with Gasteiger partial charge in [-0.05, 0) is 5.92 Å². The smallest absolute Gasteiger partial charge is 0.212 e. The lowest BCUT2D eigenvalue weighted by atomic mass is 10.1. The predicted octanol–water partition coefficient (Wildman–Crippen LogP) is 1.80. The Labute approximate surface area is 85.6 Å². The first kappa shape index (κ1) is 9.33. The van der Waals surface area contributed by atoms with Crippen molar-refractivity contribution in [2.24, 2.45) is 5.92 Å². The third kappa shape index (κ3) is 1.55. The summed E-state index contributed by atoms with van der Waals surface area (Å²) in [4.78, 5) is 15.5. The first-order valence-electron chi connectivity index (χ1n) is 4.49. The molecule has 0 amide bonds. The quantitative estimate of drug-likeness (QED) is 0.724. The van der Waals surface area contributed by atoms with Gasteiger partial charge < -0.3 is 0 Å². The van der Waals surface area contributed by atoms with Crippen LogP contribution in [0, 0.1) is 5.92 Å². The number of rotatable bonds is 3. The topological polar surface area (TPSA) is 47.3 Å². The van der Waals surface area contributed by atoms with Crippen LogP contribution in [0.3, 0.4) is 0 Å². The minimum Gasteiger partial charge on any atom is -0.296 e. The van der Waals surface area contributed by atoms with Crippen LogP contribution in [0.4, 0.5) is 0 Å². The van der Waals surface area contributed by atoms with Crippen LogP contribution in [0.5, 0.6) is 0 Å². The Kier molecular flexibility index (Phi) is 2.33. The summed E-state index contributed by atoms with van der Waals surface area (Å²) < 4.78 is 1.61. The standard InChI is InChI=1S/C9H11N3OS/c1-6(2)3-8-11-12-7(5-13)4-10-9(12)14-8/h4-6H,3H2,1-2H3. The average molecular weight is 209 g/mol. The van der Waals surface area contributed by atoms with Crippen molar-refractivity contribution in [1.82, 2.24) is 14.6 Å². The number of hydrogen-bond donors (Lipinski definition) is 0. The molecule has 0 aliphatic carbocycles. The normalized spacial score (nSPS) is 11.4. The molecule has 0 aromatic carbocycles. The van der Waals surface area contributed by atoms with Crippen LogP contribution in [0.1, 0.15) is 29.3 Å². The summed E-state index contributed by atoms with van der Waals surface area (Å²) in [7, 11) is 0. The van der Waals surface area contributed by atoms with Crippen molar-refractivity contribution < 1.29 is 4.79 Å². The van der Waals surface area contributed by atoms with Crippen LogP contribution >= 0.6 is 11.3 Å². The molecule has 2 rings (SSSR count). The summed E-state index contributed by atoms with van der Waals surface area (Å²) in [5.74, 6) is 0.575. The molecule has 0 saturated heterocycles. The fraction of sp³-hybridized carbons (Fsp3) is 0.444. The molecule has 0 unspecified atom stereocenters. The van der Waals surface area contributed by atoms with Crippen molar-refractivity contribution >= 4 is 22.6 Å². The summed E-state index contributed by atoms with van der Waals surface area (Å²) in [5.41, 5.74) is 0.520. The Morgan fingerprint density at radius 2 is 2.43 bits per heavy atom. The summed E-state index contributed by atoms with van der Waals surface area (Å²) in [6.45, 7) is 4.29. The van der Waals surface area contributed by atoms with Crippen LogP contribution in [-0.4, -0.2) is 20.9 Å². The molecule has 0 N–H and O–H groups in total. The van der Waals surface area contributed by atoms with E-state index in [0.29, 0.717) is 11.6 Å². The van der Waals surface area contributed by atoms with Gasteiger partial charge in [0.05, 0.1) is 6.20 Å². The van der Waals surface area contributed by atoms with E-state index in [2.05, 4.69) is 23.9 Å². The van der Waals surface area contributed by atoms with Crippen LogP contribution in [0.2, 0.25) is 0 Å². The van der Waals surface area contributed by atoms with Gasteiger partial charge in [-0.15, -0.1) is 0 Å². The predicted molar refractivity (Wildman–Crippen MR) is 54.8 cm³/mol. The molecule has 0 spiro atoms. The molecule has 14 heavy (non-hydrogen) atoms. The first-order chi connectivity index (χ1) is 6.70. The number of aromatic nitrogens is 3. The number of carbonyl (C=O) groups excluding carboxylic acids is 1. The average Bonchev–Trinajstić information content (AvgIpc) is 2.61. The molecule has 0 atom stereocenters. The third-order valence-corrected chi connectivity index (χ3v) is 2.80. The second kappa shape index (κ2) is 3.49. The highest BCUT2D eigenvalue weighted by Crippen LogP contribution is 2.17. The number of imidazole rings is 1. The summed E-state index contributed by atoms with van der Waals surface area (Å²) in [5, 5.41) is 5.36. The lowest BCUT2D eigenvalue weighted by Crippen LogP contribution is -1.96. The highest BCUT2D eigenvalue weighted by Gasteiger charge is 2.09. The zero-order chi connectivity index (χ0) is 10.1. The maximum absolute atomic E-state index is 10.6. The van der Waals surface area contributed by atoms with Crippen molar-refractivity contribution in [2.75, 3.05) is 0 Å². The largest absolute Gasteiger partial charge is 0.296 e. The van der Waals surface area contributed by atoms with Crippen molar-refractivity contribution in [2.45, 2.75) is 20.3 Å². The van der Waals surface area contributed by atoms with Crippen molar-refractivity contribution in [3.63, 3.8) is 0 Å². The van der Waals surface area contributed by atoms with E-state index in [4.69, 9.17) is 0 Å². The Bertz CT molecular complexity index is 458. The summed E-state index contributed by atoms with van der Waals surface area (Å²) >= 11 is 1.54.